The van der Waals surface area contributed by atoms with Crippen LogP contribution < -0.4 is 5.73 Å². The van der Waals surface area contributed by atoms with E-state index in [1.165, 1.54) is 0 Å². The van der Waals surface area contributed by atoms with E-state index >= 15 is 0 Å². The molecule has 0 aliphatic rings. The van der Waals surface area contributed by atoms with Crippen molar-refractivity contribution in [2.75, 3.05) is 5.73 Å². The first-order chi connectivity index (χ1) is 8.27. The second-order valence-electron chi connectivity index (χ2n) is 4.01. The molecule has 1 aromatic carbocycles. The lowest BCUT2D eigenvalue weighted by Crippen LogP contribution is -1.94. The highest BCUT2D eigenvalue weighted by atomic mass is 15.1. The molecule has 0 spiro atoms. The zero-order valence-electron chi connectivity index (χ0n) is 9.44. The summed E-state index contributed by atoms with van der Waals surface area (Å²) in [5.74, 6) is 0.554. The first-order valence-electron chi connectivity index (χ1n) is 5.41. The molecule has 3 N–H and O–H groups in total. The number of aryl methyl sites for hydroxylation is 1. The van der Waals surface area contributed by atoms with E-state index in [4.69, 9.17) is 5.73 Å². The number of anilines is 1. The number of nitrogens with one attached hydrogen (secondary N) is 1. The molecule has 0 amide bonds. The second-order valence-corrected chi connectivity index (χ2v) is 4.01. The van der Waals surface area contributed by atoms with E-state index in [-0.39, 0.29) is 0 Å². The van der Waals surface area contributed by atoms with Gasteiger partial charge in [-0.1, -0.05) is 6.07 Å². The van der Waals surface area contributed by atoms with Crippen molar-refractivity contribution in [3.05, 3.63) is 42.2 Å². The molecule has 0 radical (unpaired) electrons. The van der Waals surface area contributed by atoms with Gasteiger partial charge in [-0.3, -0.25) is 5.10 Å². The van der Waals surface area contributed by atoms with Crippen LogP contribution >= 0.6 is 0 Å². The van der Waals surface area contributed by atoms with E-state index in [2.05, 4.69) is 22.1 Å². The van der Waals surface area contributed by atoms with Gasteiger partial charge < -0.3 is 5.73 Å². The molecular formula is C13H12N4. The van der Waals surface area contributed by atoms with Crippen LogP contribution in [-0.4, -0.2) is 15.2 Å². The summed E-state index contributed by atoms with van der Waals surface area (Å²) >= 11 is 0. The summed E-state index contributed by atoms with van der Waals surface area (Å²) in [5, 5.41) is 8.12. The van der Waals surface area contributed by atoms with Crippen molar-refractivity contribution in [3.8, 4) is 11.1 Å². The lowest BCUT2D eigenvalue weighted by atomic mass is 9.98. The highest BCUT2D eigenvalue weighted by molar-refractivity contribution is 5.90. The molecular weight excluding hydrogens is 212 g/mol. The van der Waals surface area contributed by atoms with Crippen molar-refractivity contribution < 1.29 is 0 Å². The highest BCUT2D eigenvalue weighted by Gasteiger charge is 2.09. The van der Waals surface area contributed by atoms with E-state index in [0.29, 0.717) is 5.82 Å². The fraction of sp³-hybridized carbons (Fsp3) is 0.0769. The van der Waals surface area contributed by atoms with Crippen LogP contribution in [0.5, 0.6) is 0 Å². The largest absolute Gasteiger partial charge is 0.383 e. The summed E-state index contributed by atoms with van der Waals surface area (Å²) < 4.78 is 0. The van der Waals surface area contributed by atoms with E-state index in [9.17, 15) is 0 Å². The SMILES string of the molecule is Cc1c(-c2cccnc2N)ccc2[nH]ncc12. The van der Waals surface area contributed by atoms with Crippen molar-refractivity contribution in [2.45, 2.75) is 6.92 Å². The minimum atomic E-state index is 0.554. The minimum absolute atomic E-state index is 0.554. The van der Waals surface area contributed by atoms with Crippen molar-refractivity contribution in [1.82, 2.24) is 15.2 Å². The van der Waals surface area contributed by atoms with Gasteiger partial charge >= 0.3 is 0 Å². The second kappa shape index (κ2) is 3.59. The minimum Gasteiger partial charge on any atom is -0.383 e. The van der Waals surface area contributed by atoms with Crippen molar-refractivity contribution in [3.63, 3.8) is 0 Å². The lowest BCUT2D eigenvalue weighted by molar-refractivity contribution is 1.12. The van der Waals surface area contributed by atoms with Gasteiger partial charge in [0.05, 0.1) is 11.7 Å². The normalized spacial score (nSPS) is 10.9. The van der Waals surface area contributed by atoms with E-state index in [0.717, 1.165) is 27.6 Å². The topological polar surface area (TPSA) is 67.6 Å². The Morgan fingerprint density at radius 2 is 2.06 bits per heavy atom. The molecule has 84 valence electrons. The van der Waals surface area contributed by atoms with Crippen molar-refractivity contribution >= 4 is 16.7 Å². The Bertz CT molecular complexity index is 685. The summed E-state index contributed by atoms with van der Waals surface area (Å²) in [6.07, 6.45) is 3.53. The number of pyridine rings is 1. The van der Waals surface area contributed by atoms with E-state index in [1.54, 1.807) is 6.20 Å². The standard InChI is InChI=1S/C13H12N4/c1-8-9(10-3-2-6-15-13(10)14)4-5-12-11(8)7-16-17-12/h2-7H,1H3,(H2,14,15)(H,16,17). The number of nitrogens with zero attached hydrogens (tertiary/aromatic N) is 2. The van der Waals surface area contributed by atoms with Crippen LogP contribution in [0, 0.1) is 6.92 Å². The van der Waals surface area contributed by atoms with Gasteiger partial charge in [0.15, 0.2) is 0 Å². The average Bonchev–Trinajstić information content (AvgIpc) is 2.80. The van der Waals surface area contributed by atoms with E-state index in [1.807, 2.05) is 30.5 Å². The Kier molecular flexibility index (Phi) is 2.08. The number of hydrogen-bond acceptors (Lipinski definition) is 3. The van der Waals surface area contributed by atoms with Crippen molar-refractivity contribution in [1.29, 1.82) is 0 Å². The zero-order valence-corrected chi connectivity index (χ0v) is 9.44. The van der Waals surface area contributed by atoms with Gasteiger partial charge in [-0.15, -0.1) is 0 Å². The molecule has 4 nitrogen and oxygen atoms in total. The Labute approximate surface area is 98.5 Å². The molecule has 0 atom stereocenters. The highest BCUT2D eigenvalue weighted by Crippen LogP contribution is 2.31. The van der Waals surface area contributed by atoms with Crippen LogP contribution in [0.25, 0.3) is 22.0 Å². The number of aromatic amines is 1. The Morgan fingerprint density at radius 1 is 1.18 bits per heavy atom. The number of fused-ring (bicyclic) bond motifs is 1. The molecule has 0 fully saturated rings. The number of nitrogens with two attached hydrogens (primary N) is 1. The Balaban J connectivity index is 2.31. The molecule has 17 heavy (non-hydrogen) atoms. The number of benzene rings is 1. The summed E-state index contributed by atoms with van der Waals surface area (Å²) in [4.78, 5) is 4.12. The Hall–Kier alpha value is -2.36. The molecule has 0 aliphatic heterocycles. The first kappa shape index (κ1) is 9.84. The smallest absolute Gasteiger partial charge is 0.131 e. The van der Waals surface area contributed by atoms with Gasteiger partial charge in [0, 0.05) is 17.1 Å². The summed E-state index contributed by atoms with van der Waals surface area (Å²) in [7, 11) is 0. The zero-order chi connectivity index (χ0) is 11.8. The molecule has 2 aromatic heterocycles. The van der Waals surface area contributed by atoms with Crippen LogP contribution in [0.1, 0.15) is 5.56 Å². The molecule has 4 heteroatoms. The number of hydrogen-bond donors (Lipinski definition) is 2. The van der Waals surface area contributed by atoms with Crippen molar-refractivity contribution in [2.24, 2.45) is 0 Å². The van der Waals surface area contributed by atoms with Crippen LogP contribution in [-0.2, 0) is 0 Å². The fourth-order valence-corrected chi connectivity index (χ4v) is 2.10. The van der Waals surface area contributed by atoms with Gasteiger partial charge in [0.25, 0.3) is 0 Å². The van der Waals surface area contributed by atoms with Gasteiger partial charge in [-0.25, -0.2) is 4.98 Å². The maximum atomic E-state index is 5.91. The van der Waals surface area contributed by atoms with Crippen LogP contribution in [0.4, 0.5) is 5.82 Å². The Morgan fingerprint density at radius 3 is 2.88 bits per heavy atom. The van der Waals surface area contributed by atoms with Crippen LogP contribution in [0.2, 0.25) is 0 Å². The fourth-order valence-electron chi connectivity index (χ4n) is 2.10. The monoisotopic (exact) mass is 224 g/mol. The molecule has 0 bridgehead atoms. The van der Waals surface area contributed by atoms with Gasteiger partial charge in [0.2, 0.25) is 0 Å². The molecule has 0 unspecified atom stereocenters. The maximum absolute atomic E-state index is 5.91. The molecule has 0 saturated carbocycles. The molecule has 3 rings (SSSR count). The van der Waals surface area contributed by atoms with E-state index < -0.39 is 0 Å². The lowest BCUT2D eigenvalue weighted by Gasteiger charge is -2.08. The maximum Gasteiger partial charge on any atom is 0.131 e. The van der Waals surface area contributed by atoms with Gasteiger partial charge in [-0.05, 0) is 36.2 Å². The van der Waals surface area contributed by atoms with Crippen LogP contribution in [0.3, 0.4) is 0 Å². The number of rotatable bonds is 1. The molecule has 2 heterocycles. The predicted octanol–water partition coefficient (Wildman–Crippen LogP) is 2.52. The predicted molar refractivity (Wildman–Crippen MR) is 68.5 cm³/mol. The number of H-pyrrole nitrogens is 1. The van der Waals surface area contributed by atoms with Gasteiger partial charge in [0.1, 0.15) is 5.82 Å². The summed E-state index contributed by atoms with van der Waals surface area (Å²) in [6.45, 7) is 2.07. The number of aromatic nitrogens is 3. The molecule has 0 aliphatic carbocycles. The van der Waals surface area contributed by atoms with Gasteiger partial charge in [-0.2, -0.15) is 5.10 Å². The third kappa shape index (κ3) is 1.45. The number of nitrogen functional groups attached to an aromatic ring is 1. The quantitative estimate of drug-likeness (QED) is 0.667. The first-order valence-corrected chi connectivity index (χ1v) is 5.41. The average molecular weight is 224 g/mol. The summed E-state index contributed by atoms with van der Waals surface area (Å²) in [5.41, 5.74) is 10.2. The third-order valence-electron chi connectivity index (χ3n) is 3.02. The third-order valence-corrected chi connectivity index (χ3v) is 3.02. The molecule has 0 saturated heterocycles. The molecule has 3 aromatic rings. The van der Waals surface area contributed by atoms with Crippen LogP contribution in [0.15, 0.2) is 36.7 Å². The summed E-state index contributed by atoms with van der Waals surface area (Å²) in [6, 6.07) is 7.93.